The first-order chi connectivity index (χ1) is 12.7. The molecule has 1 aliphatic rings. The summed E-state index contributed by atoms with van der Waals surface area (Å²) in [6.07, 6.45) is 2.63. The molecule has 4 rings (SSSR count). The lowest BCUT2D eigenvalue weighted by Crippen LogP contribution is -2.21. The molecule has 1 aromatic heterocycles. The summed E-state index contributed by atoms with van der Waals surface area (Å²) in [5, 5.41) is 10.8. The van der Waals surface area contributed by atoms with Crippen LogP contribution in [-0.4, -0.2) is 16.1 Å². The average Bonchev–Trinajstić information content (AvgIpc) is 3.23. The summed E-state index contributed by atoms with van der Waals surface area (Å²) >= 11 is 0. The van der Waals surface area contributed by atoms with E-state index in [2.05, 4.69) is 39.8 Å². The van der Waals surface area contributed by atoms with Gasteiger partial charge in [-0.3, -0.25) is 9.89 Å². The Labute approximate surface area is 153 Å². The number of benzene rings is 2. The Balaban J connectivity index is 1.56. The van der Waals surface area contributed by atoms with Gasteiger partial charge >= 0.3 is 0 Å². The van der Waals surface area contributed by atoms with Crippen LogP contribution in [0.25, 0.3) is 22.5 Å². The van der Waals surface area contributed by atoms with Gasteiger partial charge in [0.1, 0.15) is 0 Å². The number of hydrogen-bond acceptors (Lipinski definition) is 2. The van der Waals surface area contributed by atoms with Gasteiger partial charge in [-0.25, -0.2) is 0 Å². The molecular formula is C22H23N3O. The van der Waals surface area contributed by atoms with E-state index in [0.29, 0.717) is 0 Å². The Morgan fingerprint density at radius 3 is 2.58 bits per heavy atom. The lowest BCUT2D eigenvalue weighted by molar-refractivity contribution is -0.120. The summed E-state index contributed by atoms with van der Waals surface area (Å²) < 4.78 is 0. The quantitative estimate of drug-likeness (QED) is 0.533. The molecule has 4 nitrogen and oxygen atoms in total. The predicted octanol–water partition coefficient (Wildman–Crippen LogP) is 5.02. The first kappa shape index (κ1) is 16.6. The van der Waals surface area contributed by atoms with E-state index in [9.17, 15) is 4.79 Å². The number of H-pyrrole nitrogens is 1. The summed E-state index contributed by atoms with van der Waals surface area (Å²) in [7, 11) is 0. The van der Waals surface area contributed by atoms with Crippen LogP contribution in [0.3, 0.4) is 0 Å². The van der Waals surface area contributed by atoms with Gasteiger partial charge in [0.25, 0.3) is 0 Å². The maximum Gasteiger partial charge on any atom is 0.227 e. The van der Waals surface area contributed by atoms with E-state index in [0.717, 1.165) is 41.9 Å². The van der Waals surface area contributed by atoms with Crippen molar-refractivity contribution in [2.45, 2.75) is 33.1 Å². The zero-order chi connectivity index (χ0) is 18.1. The van der Waals surface area contributed by atoms with E-state index in [4.69, 9.17) is 0 Å². The van der Waals surface area contributed by atoms with E-state index >= 15 is 0 Å². The van der Waals surface area contributed by atoms with Crippen molar-refractivity contribution in [3.05, 3.63) is 59.7 Å². The summed E-state index contributed by atoms with van der Waals surface area (Å²) in [5.41, 5.74) is 7.86. The molecule has 4 heteroatoms. The number of carbonyl (C=O) groups is 1. The van der Waals surface area contributed by atoms with E-state index < -0.39 is 0 Å². The number of anilines is 1. The van der Waals surface area contributed by atoms with Gasteiger partial charge in [-0.1, -0.05) is 50.2 Å². The molecule has 26 heavy (non-hydrogen) atoms. The van der Waals surface area contributed by atoms with E-state index in [1.807, 2.05) is 38.1 Å². The largest absolute Gasteiger partial charge is 0.326 e. The number of aromatic amines is 1. The highest BCUT2D eigenvalue weighted by molar-refractivity contribution is 5.92. The zero-order valence-corrected chi connectivity index (χ0v) is 15.2. The monoisotopic (exact) mass is 345 g/mol. The summed E-state index contributed by atoms with van der Waals surface area (Å²) in [4.78, 5) is 12.2. The van der Waals surface area contributed by atoms with Crippen molar-refractivity contribution in [1.82, 2.24) is 10.2 Å². The van der Waals surface area contributed by atoms with Crippen LogP contribution in [0.5, 0.6) is 0 Å². The first-order valence-electron chi connectivity index (χ1n) is 9.28. The van der Waals surface area contributed by atoms with Crippen LogP contribution in [0.1, 0.15) is 37.8 Å². The second kappa shape index (κ2) is 6.79. The number of aromatic nitrogens is 2. The molecule has 0 saturated heterocycles. The Hall–Kier alpha value is -2.88. The maximum absolute atomic E-state index is 12.2. The summed E-state index contributed by atoms with van der Waals surface area (Å²) in [6.45, 7) is 4.10. The fraction of sp³-hybridized carbons (Fsp3) is 0.273. The third-order valence-electron chi connectivity index (χ3n) is 5.30. The van der Waals surface area contributed by atoms with Crippen LogP contribution >= 0.6 is 0 Å². The van der Waals surface area contributed by atoms with Crippen molar-refractivity contribution in [3.63, 3.8) is 0 Å². The molecule has 0 aliphatic heterocycles. The molecule has 0 atom stereocenters. The molecule has 3 aromatic rings. The van der Waals surface area contributed by atoms with E-state index in [1.54, 1.807) is 0 Å². The molecule has 1 heterocycles. The lowest BCUT2D eigenvalue weighted by atomic mass is 10.0. The molecular weight excluding hydrogens is 322 g/mol. The van der Waals surface area contributed by atoms with Crippen molar-refractivity contribution in [2.75, 3.05) is 5.32 Å². The van der Waals surface area contributed by atoms with Crippen LogP contribution in [0, 0.1) is 5.92 Å². The number of rotatable bonds is 5. The number of nitrogens with zero attached hydrogens (tertiary/aromatic N) is 1. The minimum absolute atomic E-state index is 0.0720. The van der Waals surface area contributed by atoms with Crippen LogP contribution in [0.4, 0.5) is 5.69 Å². The molecule has 1 amide bonds. The highest BCUT2D eigenvalue weighted by atomic mass is 16.1. The Morgan fingerprint density at radius 2 is 1.85 bits per heavy atom. The van der Waals surface area contributed by atoms with E-state index in [1.165, 1.54) is 16.7 Å². The van der Waals surface area contributed by atoms with E-state index in [-0.39, 0.29) is 11.8 Å². The molecule has 1 aliphatic carbocycles. The second-order valence-electron chi connectivity index (χ2n) is 6.84. The van der Waals surface area contributed by atoms with Gasteiger partial charge in [-0.15, -0.1) is 0 Å². The number of hydrogen-bond donors (Lipinski definition) is 2. The van der Waals surface area contributed by atoms with Gasteiger partial charge in [0, 0.05) is 34.7 Å². The molecule has 0 fully saturated rings. The number of nitrogens with one attached hydrogen (secondary N) is 2. The Kier molecular flexibility index (Phi) is 4.33. The van der Waals surface area contributed by atoms with Crippen LogP contribution in [0.2, 0.25) is 0 Å². The third kappa shape index (κ3) is 2.81. The summed E-state index contributed by atoms with van der Waals surface area (Å²) in [6, 6.07) is 16.4. The Morgan fingerprint density at radius 1 is 1.12 bits per heavy atom. The van der Waals surface area contributed by atoms with Crippen molar-refractivity contribution < 1.29 is 4.79 Å². The van der Waals surface area contributed by atoms with Gasteiger partial charge in [-0.2, -0.15) is 5.10 Å². The Bertz CT molecular complexity index is 936. The standard InChI is InChI=1S/C22H23N3O/c1-3-14(4-2)22(26)23-17-11-9-15(10-12-17)20-19-13-16-7-5-6-8-18(16)21(19)25-24-20/h5-12,14H,3-4,13H2,1-2H3,(H,23,26)(H,24,25). The van der Waals surface area contributed by atoms with Gasteiger partial charge in [0.05, 0.1) is 11.4 Å². The average molecular weight is 345 g/mol. The van der Waals surface area contributed by atoms with Gasteiger partial charge in [0.2, 0.25) is 5.91 Å². The van der Waals surface area contributed by atoms with Gasteiger partial charge < -0.3 is 5.32 Å². The lowest BCUT2D eigenvalue weighted by Gasteiger charge is -2.13. The van der Waals surface area contributed by atoms with Crippen molar-refractivity contribution in [2.24, 2.45) is 5.92 Å². The third-order valence-corrected chi connectivity index (χ3v) is 5.30. The predicted molar refractivity (Wildman–Crippen MR) is 105 cm³/mol. The summed E-state index contributed by atoms with van der Waals surface area (Å²) in [5.74, 6) is 0.168. The molecule has 0 spiro atoms. The molecule has 2 N–H and O–H groups in total. The topological polar surface area (TPSA) is 57.8 Å². The highest BCUT2D eigenvalue weighted by Gasteiger charge is 2.24. The number of fused-ring (bicyclic) bond motifs is 3. The number of carbonyl (C=O) groups excluding carboxylic acids is 1. The minimum atomic E-state index is 0.0720. The zero-order valence-electron chi connectivity index (χ0n) is 15.2. The highest BCUT2D eigenvalue weighted by Crippen LogP contribution is 2.39. The van der Waals surface area contributed by atoms with Crippen LogP contribution in [0.15, 0.2) is 48.5 Å². The van der Waals surface area contributed by atoms with Crippen molar-refractivity contribution >= 4 is 11.6 Å². The van der Waals surface area contributed by atoms with Crippen molar-refractivity contribution in [3.8, 4) is 22.5 Å². The molecule has 0 bridgehead atoms. The molecule has 0 unspecified atom stereocenters. The fourth-order valence-electron chi connectivity index (χ4n) is 3.72. The molecule has 2 aromatic carbocycles. The first-order valence-corrected chi connectivity index (χ1v) is 9.28. The van der Waals surface area contributed by atoms with Crippen molar-refractivity contribution in [1.29, 1.82) is 0 Å². The molecule has 0 saturated carbocycles. The van der Waals surface area contributed by atoms with Gasteiger partial charge in [0.15, 0.2) is 0 Å². The normalized spacial score (nSPS) is 12.1. The number of amides is 1. The second-order valence-corrected chi connectivity index (χ2v) is 6.84. The molecule has 132 valence electrons. The van der Waals surface area contributed by atoms with Crippen LogP contribution in [-0.2, 0) is 11.2 Å². The minimum Gasteiger partial charge on any atom is -0.326 e. The van der Waals surface area contributed by atoms with Gasteiger partial charge in [-0.05, 0) is 30.5 Å². The molecule has 0 radical (unpaired) electrons. The fourth-order valence-corrected chi connectivity index (χ4v) is 3.72. The smallest absolute Gasteiger partial charge is 0.227 e. The maximum atomic E-state index is 12.2. The van der Waals surface area contributed by atoms with Crippen LogP contribution < -0.4 is 5.32 Å². The SMILES string of the molecule is CCC(CC)C(=O)Nc1ccc(-c2n[nH]c3c2Cc2ccccc2-3)cc1.